The lowest BCUT2D eigenvalue weighted by molar-refractivity contribution is 0.0328. The number of rotatable bonds is 7. The number of alkyl halides is 2. The van der Waals surface area contributed by atoms with Crippen molar-refractivity contribution >= 4 is 18.2 Å². The highest BCUT2D eigenvalue weighted by Crippen LogP contribution is 2.45. The fourth-order valence-corrected chi connectivity index (χ4v) is 3.48. The van der Waals surface area contributed by atoms with E-state index in [1.807, 2.05) is 13.0 Å². The standard InChI is InChI=1S/C22H25F2N3O2/c1-14(11-28)8-17(9-25-13-22(3,23)24)15(2)27-10-19-18(21(27)16-4-5-16)6-7-26-20(19)12-29/h6-9,11-12,15,28H,4-5,10,13H2,1-3H3/b14-11+,17-8+,25-9-. The van der Waals surface area contributed by atoms with Crippen LogP contribution in [0.5, 0.6) is 0 Å². The van der Waals surface area contributed by atoms with Crippen LogP contribution in [0.15, 0.2) is 46.3 Å². The van der Waals surface area contributed by atoms with Gasteiger partial charge in [0.2, 0.25) is 0 Å². The van der Waals surface area contributed by atoms with Gasteiger partial charge in [-0.2, -0.15) is 0 Å². The van der Waals surface area contributed by atoms with Gasteiger partial charge in [-0.1, -0.05) is 0 Å². The molecular formula is C22H25F2N3O2. The van der Waals surface area contributed by atoms with E-state index in [0.717, 1.165) is 49.1 Å². The molecule has 5 nitrogen and oxygen atoms in total. The Morgan fingerprint density at radius 1 is 1.45 bits per heavy atom. The summed E-state index contributed by atoms with van der Waals surface area (Å²) in [6.45, 7) is 4.43. The molecule has 29 heavy (non-hydrogen) atoms. The van der Waals surface area contributed by atoms with Gasteiger partial charge >= 0.3 is 0 Å². The molecule has 0 bridgehead atoms. The minimum Gasteiger partial charge on any atom is -0.515 e. The largest absolute Gasteiger partial charge is 0.515 e. The first-order valence-corrected chi connectivity index (χ1v) is 9.57. The summed E-state index contributed by atoms with van der Waals surface area (Å²) in [5, 5.41) is 9.30. The first-order chi connectivity index (χ1) is 13.7. The Morgan fingerprint density at radius 3 is 2.76 bits per heavy atom. The fourth-order valence-electron chi connectivity index (χ4n) is 3.48. The minimum absolute atomic E-state index is 0.200. The van der Waals surface area contributed by atoms with Crippen LogP contribution in [0.2, 0.25) is 0 Å². The quantitative estimate of drug-likeness (QED) is 0.311. The van der Waals surface area contributed by atoms with Crippen molar-refractivity contribution in [1.82, 2.24) is 9.88 Å². The average Bonchev–Trinajstić information content (AvgIpc) is 3.44. The first kappa shape index (κ1) is 20.9. The molecule has 0 saturated heterocycles. The molecule has 1 aromatic rings. The van der Waals surface area contributed by atoms with Crippen molar-refractivity contribution < 1.29 is 18.7 Å². The SMILES string of the molecule is CC(/C=C(\C=N/CC(C)(F)F)C(C)N1Cc2c(ccnc2C=O)C1=C1CC1)=C\O. The molecule has 1 saturated carbocycles. The lowest BCUT2D eigenvalue weighted by Gasteiger charge is -2.29. The van der Waals surface area contributed by atoms with Crippen LogP contribution in [0.1, 0.15) is 55.2 Å². The number of carbonyl (C=O) groups is 1. The lowest BCUT2D eigenvalue weighted by atomic mass is 10.0. The molecule has 7 heteroatoms. The van der Waals surface area contributed by atoms with Crippen LogP contribution in [-0.4, -0.2) is 46.0 Å². The van der Waals surface area contributed by atoms with E-state index < -0.39 is 12.5 Å². The first-order valence-electron chi connectivity index (χ1n) is 9.57. The third kappa shape index (κ3) is 4.78. The molecule has 0 spiro atoms. The Kier molecular flexibility index (Phi) is 5.96. The number of aldehydes is 1. The average molecular weight is 401 g/mol. The molecule has 1 unspecified atom stereocenters. The summed E-state index contributed by atoms with van der Waals surface area (Å²) in [7, 11) is 0. The van der Waals surface area contributed by atoms with Gasteiger partial charge in [-0.3, -0.25) is 14.8 Å². The highest BCUT2D eigenvalue weighted by molar-refractivity contribution is 5.85. The number of aliphatic hydroxyl groups is 1. The zero-order valence-corrected chi connectivity index (χ0v) is 16.8. The Bertz CT molecular complexity index is 920. The number of fused-ring (bicyclic) bond motifs is 1. The Morgan fingerprint density at radius 2 is 2.17 bits per heavy atom. The van der Waals surface area contributed by atoms with Gasteiger partial charge < -0.3 is 10.0 Å². The number of aromatic nitrogens is 1. The summed E-state index contributed by atoms with van der Waals surface area (Å²) in [4.78, 5) is 21.7. The number of hydrogen-bond donors (Lipinski definition) is 1. The smallest absolute Gasteiger partial charge is 0.264 e. The zero-order chi connectivity index (χ0) is 21.2. The zero-order valence-electron chi connectivity index (χ0n) is 16.8. The summed E-state index contributed by atoms with van der Waals surface area (Å²) in [6.07, 6.45) is 8.57. The van der Waals surface area contributed by atoms with Gasteiger partial charge in [0.15, 0.2) is 6.29 Å². The lowest BCUT2D eigenvalue weighted by Crippen LogP contribution is -2.30. The number of allylic oxidation sites excluding steroid dienone is 3. The molecule has 1 atom stereocenters. The van der Waals surface area contributed by atoms with Crippen LogP contribution < -0.4 is 0 Å². The number of aliphatic imine (C=N–C) groups is 1. The summed E-state index contributed by atoms with van der Waals surface area (Å²) < 4.78 is 26.4. The topological polar surface area (TPSA) is 65.8 Å². The van der Waals surface area contributed by atoms with Crippen LogP contribution in [-0.2, 0) is 6.54 Å². The number of pyridine rings is 1. The number of nitrogens with zero attached hydrogens (tertiary/aromatic N) is 3. The Labute approximate surface area is 169 Å². The van der Waals surface area contributed by atoms with Crippen LogP contribution in [0.3, 0.4) is 0 Å². The summed E-state index contributed by atoms with van der Waals surface area (Å²) >= 11 is 0. The number of hydrogen-bond acceptors (Lipinski definition) is 5. The predicted molar refractivity (Wildman–Crippen MR) is 109 cm³/mol. The highest BCUT2D eigenvalue weighted by Gasteiger charge is 2.35. The molecule has 0 aromatic carbocycles. The Hall–Kier alpha value is -2.83. The van der Waals surface area contributed by atoms with E-state index in [-0.39, 0.29) is 6.04 Å². The number of aliphatic hydroxyl groups excluding tert-OH is 1. The second kappa shape index (κ2) is 8.27. The molecule has 1 aliphatic carbocycles. The van der Waals surface area contributed by atoms with E-state index in [2.05, 4.69) is 14.9 Å². The van der Waals surface area contributed by atoms with Gasteiger partial charge in [0.1, 0.15) is 12.2 Å². The van der Waals surface area contributed by atoms with E-state index in [1.54, 1.807) is 19.2 Å². The third-order valence-corrected chi connectivity index (χ3v) is 5.06. The monoisotopic (exact) mass is 401 g/mol. The maximum absolute atomic E-state index is 13.2. The van der Waals surface area contributed by atoms with E-state index in [1.165, 1.54) is 11.8 Å². The van der Waals surface area contributed by atoms with Crippen molar-refractivity contribution in [2.75, 3.05) is 6.54 Å². The molecule has 1 aliphatic heterocycles. The molecule has 2 heterocycles. The molecule has 1 N–H and O–H groups in total. The van der Waals surface area contributed by atoms with E-state index in [4.69, 9.17) is 0 Å². The van der Waals surface area contributed by atoms with Crippen LogP contribution >= 0.6 is 0 Å². The van der Waals surface area contributed by atoms with Crippen LogP contribution in [0.4, 0.5) is 8.78 Å². The highest BCUT2D eigenvalue weighted by atomic mass is 19.3. The summed E-state index contributed by atoms with van der Waals surface area (Å²) in [5.74, 6) is -2.89. The molecule has 0 radical (unpaired) electrons. The minimum atomic E-state index is -2.89. The molecular weight excluding hydrogens is 376 g/mol. The summed E-state index contributed by atoms with van der Waals surface area (Å²) in [5.41, 5.74) is 6.00. The van der Waals surface area contributed by atoms with Crippen molar-refractivity contribution in [2.45, 2.75) is 52.1 Å². The predicted octanol–water partition coefficient (Wildman–Crippen LogP) is 4.72. The van der Waals surface area contributed by atoms with Gasteiger partial charge in [-0.15, -0.1) is 0 Å². The van der Waals surface area contributed by atoms with Gasteiger partial charge in [0, 0.05) is 42.7 Å². The molecule has 1 fully saturated rings. The van der Waals surface area contributed by atoms with Crippen LogP contribution in [0, 0.1) is 0 Å². The maximum atomic E-state index is 13.2. The normalized spacial score (nSPS) is 18.4. The second-order valence-corrected chi connectivity index (χ2v) is 7.65. The molecule has 1 aromatic heterocycles. The third-order valence-electron chi connectivity index (χ3n) is 5.06. The van der Waals surface area contributed by atoms with Crippen molar-refractivity contribution in [2.24, 2.45) is 4.99 Å². The van der Waals surface area contributed by atoms with E-state index in [9.17, 15) is 18.7 Å². The van der Waals surface area contributed by atoms with E-state index in [0.29, 0.717) is 23.4 Å². The number of carbonyl (C=O) groups excluding carboxylic acids is 1. The molecule has 3 rings (SSSR count). The molecule has 2 aliphatic rings. The number of halogens is 2. The van der Waals surface area contributed by atoms with Crippen molar-refractivity contribution in [3.8, 4) is 0 Å². The van der Waals surface area contributed by atoms with E-state index >= 15 is 0 Å². The van der Waals surface area contributed by atoms with Crippen molar-refractivity contribution in [3.63, 3.8) is 0 Å². The maximum Gasteiger partial charge on any atom is 0.264 e. The van der Waals surface area contributed by atoms with Crippen molar-refractivity contribution in [1.29, 1.82) is 0 Å². The van der Waals surface area contributed by atoms with Gasteiger partial charge in [0.05, 0.1) is 12.3 Å². The molecule has 154 valence electrons. The van der Waals surface area contributed by atoms with Crippen molar-refractivity contribution in [3.05, 3.63) is 58.1 Å². The second-order valence-electron chi connectivity index (χ2n) is 7.65. The molecule has 0 amide bonds. The van der Waals surface area contributed by atoms with Gasteiger partial charge in [-0.25, -0.2) is 8.78 Å². The summed E-state index contributed by atoms with van der Waals surface area (Å²) in [6, 6.07) is 1.72. The Balaban J connectivity index is 1.97. The van der Waals surface area contributed by atoms with Gasteiger partial charge in [0.25, 0.3) is 5.92 Å². The van der Waals surface area contributed by atoms with Crippen LogP contribution in [0.25, 0.3) is 5.70 Å². The fraction of sp³-hybridized carbons (Fsp3) is 0.409. The van der Waals surface area contributed by atoms with Gasteiger partial charge in [-0.05, 0) is 55.6 Å².